The van der Waals surface area contributed by atoms with Crippen LogP contribution in [0.5, 0.6) is 0 Å². The SMILES string of the molecule is CC(NC(=O)[C@H](Cc1ccccc1)NC(=O)OC(C)(C)C)C(=O)C(Br)C(=O)C(Br)C(=O)C(C)NC(=O)[C@H](Cc1ccccc1)NC(=O)OC(C)(C)C. The van der Waals surface area contributed by atoms with E-state index in [0.29, 0.717) is 0 Å². The van der Waals surface area contributed by atoms with Crippen LogP contribution in [0.15, 0.2) is 60.7 Å². The van der Waals surface area contributed by atoms with Crippen molar-refractivity contribution < 1.29 is 43.0 Å². The highest BCUT2D eigenvalue weighted by Crippen LogP contribution is 2.17. The lowest BCUT2D eigenvalue weighted by Gasteiger charge is -2.25. The third-order valence-corrected chi connectivity index (χ3v) is 8.96. The number of nitrogens with one attached hydrogen (secondary N) is 4. The van der Waals surface area contributed by atoms with Crippen molar-refractivity contribution in [1.82, 2.24) is 21.3 Å². The Kier molecular flexibility index (Phi) is 16.6. The number of carbonyl (C=O) groups is 7. The zero-order valence-electron chi connectivity index (χ0n) is 30.6. The highest BCUT2D eigenvalue weighted by Gasteiger charge is 2.38. The molecule has 0 heterocycles. The van der Waals surface area contributed by atoms with Gasteiger partial charge in [0.25, 0.3) is 0 Å². The van der Waals surface area contributed by atoms with Gasteiger partial charge in [-0.2, -0.15) is 0 Å². The van der Waals surface area contributed by atoms with E-state index in [9.17, 15) is 33.6 Å². The zero-order valence-corrected chi connectivity index (χ0v) is 33.8. The number of hydrogen-bond donors (Lipinski definition) is 4. The van der Waals surface area contributed by atoms with Crippen LogP contribution in [-0.2, 0) is 46.3 Å². The molecule has 52 heavy (non-hydrogen) atoms. The summed E-state index contributed by atoms with van der Waals surface area (Å²) in [4.78, 5) is 88.6. The Bertz CT molecular complexity index is 1460. The summed E-state index contributed by atoms with van der Waals surface area (Å²) in [6, 6.07) is 13.1. The van der Waals surface area contributed by atoms with Gasteiger partial charge in [-0.3, -0.25) is 24.0 Å². The number of hydrogen-bond acceptors (Lipinski definition) is 9. The topological polar surface area (TPSA) is 186 Å². The van der Waals surface area contributed by atoms with Crippen molar-refractivity contribution in [3.63, 3.8) is 0 Å². The van der Waals surface area contributed by atoms with Gasteiger partial charge in [-0.1, -0.05) is 92.5 Å². The van der Waals surface area contributed by atoms with Crippen LogP contribution in [0.25, 0.3) is 0 Å². The Balaban J connectivity index is 2.10. The summed E-state index contributed by atoms with van der Waals surface area (Å²) in [5, 5.41) is 10.2. The van der Waals surface area contributed by atoms with Crippen molar-refractivity contribution in [2.45, 2.75) is 113 Å². The fourth-order valence-electron chi connectivity index (χ4n) is 4.64. The van der Waals surface area contributed by atoms with Gasteiger partial charge >= 0.3 is 12.2 Å². The van der Waals surface area contributed by atoms with Gasteiger partial charge < -0.3 is 30.7 Å². The first kappa shape index (κ1) is 44.1. The van der Waals surface area contributed by atoms with Crippen LogP contribution in [0.2, 0.25) is 0 Å². The summed E-state index contributed by atoms with van der Waals surface area (Å²) in [6.07, 6.45) is -1.48. The molecule has 0 saturated carbocycles. The standard InChI is InChI=1S/C37H48Br2N4O9/c1-21(40-32(47)25(19-23-15-11-9-12-16-23)42-34(49)51-36(3,4)5)29(44)27(38)31(46)28(39)30(45)22(2)41-33(48)26(20-24-17-13-10-14-18-24)43-35(50)52-37(6,7)8/h9-18,21-22,25-28H,19-20H2,1-8H3,(H,40,47)(H,41,48)(H,42,49)(H,43,50)/t21?,22?,25-,26-,27?,28?/m0/s1. The van der Waals surface area contributed by atoms with E-state index in [1.54, 1.807) is 102 Å². The van der Waals surface area contributed by atoms with Gasteiger partial charge in [-0.25, -0.2) is 9.59 Å². The normalized spacial score (nSPS) is 15.0. The summed E-state index contributed by atoms with van der Waals surface area (Å²) >= 11 is 6.14. The molecule has 0 aliphatic rings. The second-order valence-corrected chi connectivity index (χ2v) is 16.0. The molecule has 6 atom stereocenters. The minimum absolute atomic E-state index is 0.0879. The van der Waals surface area contributed by atoms with Crippen molar-refractivity contribution in [3.8, 4) is 0 Å². The molecule has 15 heteroatoms. The van der Waals surface area contributed by atoms with E-state index in [2.05, 4.69) is 53.1 Å². The highest BCUT2D eigenvalue weighted by molar-refractivity contribution is 9.11. The lowest BCUT2D eigenvalue weighted by molar-refractivity contribution is -0.133. The monoisotopic (exact) mass is 850 g/mol. The van der Waals surface area contributed by atoms with E-state index in [-0.39, 0.29) is 12.8 Å². The Hall–Kier alpha value is -4.11. The van der Waals surface area contributed by atoms with Crippen molar-refractivity contribution in [1.29, 1.82) is 0 Å². The largest absolute Gasteiger partial charge is 0.444 e. The number of carbonyl (C=O) groups excluding carboxylic acids is 7. The molecule has 4 unspecified atom stereocenters. The van der Waals surface area contributed by atoms with E-state index in [0.717, 1.165) is 11.1 Å². The van der Waals surface area contributed by atoms with Crippen LogP contribution in [0.4, 0.5) is 9.59 Å². The van der Waals surface area contributed by atoms with E-state index in [4.69, 9.17) is 9.47 Å². The molecule has 4 amide bonds. The summed E-state index contributed by atoms with van der Waals surface area (Å²) in [7, 11) is 0. The van der Waals surface area contributed by atoms with E-state index >= 15 is 0 Å². The molecule has 0 aliphatic carbocycles. The molecule has 0 spiro atoms. The van der Waals surface area contributed by atoms with Gasteiger partial charge in [0.15, 0.2) is 17.3 Å². The molecule has 284 valence electrons. The fourth-order valence-corrected chi connectivity index (χ4v) is 6.31. The number of ether oxygens (including phenoxy) is 2. The molecule has 2 rings (SSSR count). The third kappa shape index (κ3) is 15.2. The van der Waals surface area contributed by atoms with Crippen LogP contribution in [0.1, 0.15) is 66.5 Å². The van der Waals surface area contributed by atoms with Crippen LogP contribution < -0.4 is 21.3 Å². The molecule has 0 fully saturated rings. The predicted molar refractivity (Wildman–Crippen MR) is 202 cm³/mol. The van der Waals surface area contributed by atoms with Gasteiger partial charge in [0.2, 0.25) is 11.8 Å². The van der Waals surface area contributed by atoms with Gasteiger partial charge in [0, 0.05) is 12.8 Å². The quantitative estimate of drug-likeness (QED) is 0.139. The summed E-state index contributed by atoms with van der Waals surface area (Å²) in [5.41, 5.74) is -0.175. The Morgan fingerprint density at radius 2 is 0.846 bits per heavy atom. The Morgan fingerprint density at radius 1 is 0.538 bits per heavy atom. The number of alkyl carbamates (subject to hydrolysis) is 2. The lowest BCUT2D eigenvalue weighted by Crippen LogP contribution is -2.55. The maximum absolute atomic E-state index is 13.3. The second-order valence-electron chi connectivity index (χ2n) is 14.2. The van der Waals surface area contributed by atoms with Crippen molar-refractivity contribution in [2.75, 3.05) is 0 Å². The second kappa shape index (κ2) is 19.6. The molecule has 13 nitrogen and oxygen atoms in total. The van der Waals surface area contributed by atoms with E-state index < -0.39 is 86.4 Å². The number of amides is 4. The average molecular weight is 853 g/mol. The van der Waals surface area contributed by atoms with Gasteiger partial charge in [0.1, 0.15) is 32.9 Å². The minimum Gasteiger partial charge on any atom is -0.444 e. The van der Waals surface area contributed by atoms with Crippen LogP contribution >= 0.6 is 31.9 Å². The first-order chi connectivity index (χ1) is 24.1. The number of Topliss-reactive ketones (excluding diaryl/α,β-unsaturated/α-hetero) is 3. The van der Waals surface area contributed by atoms with Crippen molar-refractivity contribution in [2.24, 2.45) is 0 Å². The molecular weight excluding hydrogens is 804 g/mol. The predicted octanol–water partition coefficient (Wildman–Crippen LogP) is 4.50. The molecule has 0 radical (unpaired) electrons. The van der Waals surface area contributed by atoms with E-state index in [1.807, 2.05) is 0 Å². The number of halogens is 2. The zero-order chi connectivity index (χ0) is 39.4. The molecule has 0 saturated heterocycles. The molecule has 2 aromatic rings. The highest BCUT2D eigenvalue weighted by atomic mass is 79.9. The van der Waals surface area contributed by atoms with Crippen molar-refractivity contribution >= 4 is 73.2 Å². The molecular formula is C37H48Br2N4O9. The molecule has 2 aromatic carbocycles. The number of ketones is 3. The third-order valence-electron chi connectivity index (χ3n) is 7.15. The molecule has 0 aliphatic heterocycles. The van der Waals surface area contributed by atoms with Crippen LogP contribution in [0, 0.1) is 0 Å². The Labute approximate surface area is 321 Å². The number of rotatable bonds is 16. The maximum Gasteiger partial charge on any atom is 0.408 e. The van der Waals surface area contributed by atoms with Gasteiger partial charge in [0.05, 0.1) is 12.1 Å². The van der Waals surface area contributed by atoms with E-state index in [1.165, 1.54) is 13.8 Å². The molecule has 4 N–H and O–H groups in total. The minimum atomic E-state index is -1.52. The number of benzene rings is 2. The fraction of sp³-hybridized carbons (Fsp3) is 0.486. The average Bonchev–Trinajstić information content (AvgIpc) is 3.05. The lowest BCUT2D eigenvalue weighted by atomic mass is 10.0. The Morgan fingerprint density at radius 3 is 1.13 bits per heavy atom. The summed E-state index contributed by atoms with van der Waals surface area (Å²) < 4.78 is 10.6. The van der Waals surface area contributed by atoms with Gasteiger partial charge in [-0.15, -0.1) is 0 Å². The first-order valence-electron chi connectivity index (χ1n) is 16.6. The van der Waals surface area contributed by atoms with Crippen LogP contribution in [0.3, 0.4) is 0 Å². The summed E-state index contributed by atoms with van der Waals surface area (Å²) in [6.45, 7) is 12.8. The van der Waals surface area contributed by atoms with Gasteiger partial charge in [-0.05, 0) is 66.5 Å². The molecule has 0 aromatic heterocycles. The summed E-state index contributed by atoms with van der Waals surface area (Å²) in [5.74, 6) is -3.77. The van der Waals surface area contributed by atoms with Crippen molar-refractivity contribution in [3.05, 3.63) is 71.8 Å². The first-order valence-corrected chi connectivity index (χ1v) is 18.5. The smallest absolute Gasteiger partial charge is 0.408 e. The maximum atomic E-state index is 13.3. The molecule has 0 bridgehead atoms. The van der Waals surface area contributed by atoms with Crippen LogP contribution in [-0.4, -0.2) is 86.4 Å². The number of alkyl halides is 2.